The molecule has 0 amide bonds. The fourth-order valence-electron chi connectivity index (χ4n) is 2.59. The van der Waals surface area contributed by atoms with Crippen molar-refractivity contribution in [1.29, 1.82) is 0 Å². The molecule has 0 aliphatic carbocycles. The van der Waals surface area contributed by atoms with E-state index in [-0.39, 0.29) is 4.90 Å². The minimum atomic E-state index is -4.23. The largest absolute Gasteiger partial charge is 0.294 e. The van der Waals surface area contributed by atoms with Crippen LogP contribution in [0.4, 0.5) is 0 Å². The van der Waals surface area contributed by atoms with Crippen LogP contribution in [-0.4, -0.2) is 13.0 Å². The molecule has 0 aliphatic rings. The fourth-order valence-corrected chi connectivity index (χ4v) is 3.41. The number of rotatable bonds is 4. The molecule has 0 heterocycles. The topological polar surface area (TPSA) is 54.4 Å². The lowest BCUT2D eigenvalue weighted by molar-refractivity contribution is 0.482. The van der Waals surface area contributed by atoms with Crippen molar-refractivity contribution in [2.45, 2.75) is 38.5 Å². The molecule has 0 unspecified atom stereocenters. The van der Waals surface area contributed by atoms with Gasteiger partial charge in [0, 0.05) is 0 Å². The predicted molar refractivity (Wildman–Crippen MR) is 86.4 cm³/mol. The van der Waals surface area contributed by atoms with E-state index in [1.54, 1.807) is 6.07 Å². The van der Waals surface area contributed by atoms with Gasteiger partial charge in [0.05, 0.1) is 4.90 Å². The van der Waals surface area contributed by atoms with Gasteiger partial charge in [-0.1, -0.05) is 37.3 Å². The fraction of sp³-hybridized carbons (Fsp3) is 0.294. The predicted octanol–water partition coefficient (Wildman–Crippen LogP) is 4.08. The summed E-state index contributed by atoms with van der Waals surface area (Å²) >= 11 is 0. The number of hydrogen-bond donors (Lipinski definition) is 1. The Kier molecular flexibility index (Phi) is 4.49. The number of fused-ring (bicyclic) bond motifs is 1. The van der Waals surface area contributed by atoms with Crippen molar-refractivity contribution < 1.29 is 13.0 Å². The quantitative estimate of drug-likeness (QED) is 0.684. The van der Waals surface area contributed by atoms with Crippen LogP contribution in [0.2, 0.25) is 0 Å². The zero-order valence-corrected chi connectivity index (χ0v) is 13.4. The van der Waals surface area contributed by atoms with Gasteiger partial charge in [-0.2, -0.15) is 8.42 Å². The van der Waals surface area contributed by atoms with Crippen molar-refractivity contribution in [3.8, 4) is 0 Å². The minimum Gasteiger partial charge on any atom is -0.282 e. The first-order chi connectivity index (χ1) is 9.88. The molecule has 112 valence electrons. The Morgan fingerprint density at radius 2 is 1.95 bits per heavy atom. The van der Waals surface area contributed by atoms with Gasteiger partial charge in [-0.05, 0) is 60.2 Å². The standard InChI is InChI=1S/C17H20O3S/c1-4-6-7-16-12(3)15-9-8-13(5-2)10-14(15)11-17(16)21(18,19)20/h4,6,8-11H,5,7H2,1-3H3,(H,18,19,20). The minimum absolute atomic E-state index is 0.0128. The molecule has 0 saturated carbocycles. The third-order valence-corrected chi connectivity index (χ3v) is 4.72. The lowest BCUT2D eigenvalue weighted by Gasteiger charge is -2.13. The van der Waals surface area contributed by atoms with Crippen molar-refractivity contribution in [3.63, 3.8) is 0 Å². The summed E-state index contributed by atoms with van der Waals surface area (Å²) in [5.41, 5.74) is 2.71. The molecule has 0 aromatic heterocycles. The summed E-state index contributed by atoms with van der Waals surface area (Å²) in [4.78, 5) is 0.0128. The number of aryl methyl sites for hydroxylation is 2. The van der Waals surface area contributed by atoms with Gasteiger partial charge in [0.1, 0.15) is 0 Å². The zero-order valence-electron chi connectivity index (χ0n) is 12.6. The van der Waals surface area contributed by atoms with Crippen LogP contribution in [0.25, 0.3) is 10.8 Å². The first kappa shape index (κ1) is 15.7. The molecular weight excluding hydrogens is 284 g/mol. The molecule has 2 aromatic carbocycles. The molecule has 3 nitrogen and oxygen atoms in total. The lowest BCUT2D eigenvalue weighted by atomic mass is 9.96. The van der Waals surface area contributed by atoms with E-state index in [9.17, 15) is 13.0 Å². The van der Waals surface area contributed by atoms with Crippen LogP contribution in [0.1, 0.15) is 30.5 Å². The Balaban J connectivity index is 2.83. The van der Waals surface area contributed by atoms with Crippen molar-refractivity contribution in [2.75, 3.05) is 0 Å². The lowest BCUT2D eigenvalue weighted by Crippen LogP contribution is -2.05. The number of benzene rings is 2. The summed E-state index contributed by atoms with van der Waals surface area (Å²) in [5, 5.41) is 1.88. The SMILES string of the molecule is CC=CCc1c(S(=O)(=O)O)cc2cc(CC)ccc2c1C. The molecule has 4 heteroatoms. The summed E-state index contributed by atoms with van der Waals surface area (Å²) in [5.74, 6) is 0. The zero-order chi connectivity index (χ0) is 15.6. The highest BCUT2D eigenvalue weighted by molar-refractivity contribution is 7.85. The van der Waals surface area contributed by atoms with E-state index in [1.807, 2.05) is 38.1 Å². The van der Waals surface area contributed by atoms with E-state index in [2.05, 4.69) is 13.0 Å². The first-order valence-electron chi connectivity index (χ1n) is 7.02. The van der Waals surface area contributed by atoms with Crippen LogP contribution in [0, 0.1) is 6.92 Å². The average Bonchev–Trinajstić information content (AvgIpc) is 2.44. The Bertz CT molecular complexity index is 802. The van der Waals surface area contributed by atoms with Gasteiger partial charge in [-0.25, -0.2) is 0 Å². The molecule has 21 heavy (non-hydrogen) atoms. The van der Waals surface area contributed by atoms with Crippen LogP contribution < -0.4 is 0 Å². The average molecular weight is 304 g/mol. The van der Waals surface area contributed by atoms with Gasteiger partial charge < -0.3 is 0 Å². The third kappa shape index (κ3) is 3.17. The Labute approximate surface area is 126 Å². The molecule has 0 bridgehead atoms. The van der Waals surface area contributed by atoms with Crippen molar-refractivity contribution in [3.05, 3.63) is 53.1 Å². The summed E-state index contributed by atoms with van der Waals surface area (Å²) in [7, 11) is -4.23. The third-order valence-electron chi connectivity index (χ3n) is 3.80. The van der Waals surface area contributed by atoms with E-state index in [1.165, 1.54) is 0 Å². The summed E-state index contributed by atoms with van der Waals surface area (Å²) in [6, 6.07) is 7.64. The molecule has 2 rings (SSSR count). The van der Waals surface area contributed by atoms with Crippen molar-refractivity contribution >= 4 is 20.9 Å². The maximum atomic E-state index is 11.7. The van der Waals surface area contributed by atoms with Crippen LogP contribution in [-0.2, 0) is 23.0 Å². The molecule has 2 aromatic rings. The summed E-state index contributed by atoms with van der Waals surface area (Å²) < 4.78 is 32.9. The smallest absolute Gasteiger partial charge is 0.282 e. The molecule has 1 N–H and O–H groups in total. The normalized spacial score (nSPS) is 12.4. The molecule has 0 aliphatic heterocycles. The Morgan fingerprint density at radius 3 is 2.52 bits per heavy atom. The van der Waals surface area contributed by atoms with Gasteiger partial charge in [0.2, 0.25) is 0 Å². The Hall–Kier alpha value is -1.65. The Morgan fingerprint density at radius 1 is 1.24 bits per heavy atom. The van der Waals surface area contributed by atoms with Crippen LogP contribution in [0.15, 0.2) is 41.3 Å². The molecule has 0 atom stereocenters. The highest BCUT2D eigenvalue weighted by Gasteiger charge is 2.18. The van der Waals surface area contributed by atoms with Gasteiger partial charge >= 0.3 is 0 Å². The summed E-state index contributed by atoms with van der Waals surface area (Å²) in [6.45, 7) is 5.84. The first-order valence-corrected chi connectivity index (χ1v) is 8.46. The van der Waals surface area contributed by atoms with Crippen LogP contribution in [0.3, 0.4) is 0 Å². The van der Waals surface area contributed by atoms with Crippen molar-refractivity contribution in [2.24, 2.45) is 0 Å². The monoisotopic (exact) mass is 304 g/mol. The van der Waals surface area contributed by atoms with Gasteiger partial charge in [0.25, 0.3) is 10.1 Å². The van der Waals surface area contributed by atoms with Gasteiger partial charge in [0.15, 0.2) is 0 Å². The van der Waals surface area contributed by atoms with Crippen LogP contribution in [0.5, 0.6) is 0 Å². The molecule has 0 radical (unpaired) electrons. The second-order valence-electron chi connectivity index (χ2n) is 5.14. The van der Waals surface area contributed by atoms with Crippen LogP contribution >= 0.6 is 0 Å². The number of hydrogen-bond acceptors (Lipinski definition) is 2. The van der Waals surface area contributed by atoms with E-state index < -0.39 is 10.1 Å². The highest BCUT2D eigenvalue weighted by atomic mass is 32.2. The highest BCUT2D eigenvalue weighted by Crippen LogP contribution is 2.30. The number of allylic oxidation sites excluding steroid dienone is 2. The second kappa shape index (κ2) is 6.00. The van der Waals surface area contributed by atoms with E-state index in [0.29, 0.717) is 12.0 Å². The van der Waals surface area contributed by atoms with E-state index in [4.69, 9.17) is 0 Å². The van der Waals surface area contributed by atoms with Crippen molar-refractivity contribution in [1.82, 2.24) is 0 Å². The molecule has 0 saturated heterocycles. The second-order valence-corrected chi connectivity index (χ2v) is 6.53. The maximum absolute atomic E-state index is 11.7. The van der Waals surface area contributed by atoms with E-state index >= 15 is 0 Å². The molecule has 0 fully saturated rings. The summed E-state index contributed by atoms with van der Waals surface area (Å²) in [6.07, 6.45) is 5.14. The molecule has 0 spiro atoms. The van der Waals surface area contributed by atoms with Gasteiger partial charge in [-0.3, -0.25) is 4.55 Å². The van der Waals surface area contributed by atoms with E-state index in [0.717, 1.165) is 28.3 Å². The molecular formula is C17H20O3S. The maximum Gasteiger partial charge on any atom is 0.294 e. The van der Waals surface area contributed by atoms with Gasteiger partial charge in [-0.15, -0.1) is 0 Å².